The van der Waals surface area contributed by atoms with Crippen LogP contribution in [-0.4, -0.2) is 20.6 Å². The highest BCUT2D eigenvalue weighted by Gasteiger charge is 2.24. The summed E-state index contributed by atoms with van der Waals surface area (Å²) >= 11 is 1.42. The third-order valence-electron chi connectivity index (χ3n) is 4.04. The molecule has 0 spiro atoms. The lowest BCUT2D eigenvalue weighted by Gasteiger charge is -2.09. The zero-order valence-electron chi connectivity index (χ0n) is 13.1. The Balaban J connectivity index is 1.98. The summed E-state index contributed by atoms with van der Waals surface area (Å²) in [6.07, 6.45) is 4.98. The number of carbonyl (C=O) groups excluding carboxylic acids is 1. The molecule has 1 aliphatic carbocycles. The SMILES string of the molecule is CS(=O)(=O)c1ccccc1C(=O)Nc1sc2c(c1C#N)CCCC2. The Hall–Kier alpha value is -2.17. The van der Waals surface area contributed by atoms with Crippen LogP contribution in [-0.2, 0) is 22.7 Å². The highest BCUT2D eigenvalue weighted by Crippen LogP contribution is 2.37. The fourth-order valence-electron chi connectivity index (χ4n) is 2.92. The first-order valence-electron chi connectivity index (χ1n) is 7.57. The molecule has 124 valence electrons. The van der Waals surface area contributed by atoms with Gasteiger partial charge in [-0.15, -0.1) is 11.3 Å². The van der Waals surface area contributed by atoms with Gasteiger partial charge in [-0.05, 0) is 43.4 Å². The van der Waals surface area contributed by atoms with Gasteiger partial charge in [0.05, 0.1) is 16.0 Å². The number of anilines is 1. The zero-order chi connectivity index (χ0) is 17.3. The number of carbonyl (C=O) groups is 1. The number of thiophene rings is 1. The van der Waals surface area contributed by atoms with Crippen molar-refractivity contribution in [1.82, 2.24) is 0 Å². The first-order chi connectivity index (χ1) is 11.4. The van der Waals surface area contributed by atoms with Crippen molar-refractivity contribution >= 4 is 32.1 Å². The fraction of sp³-hybridized carbons (Fsp3) is 0.294. The second-order valence-electron chi connectivity index (χ2n) is 5.75. The Kier molecular flexibility index (Phi) is 4.43. The highest BCUT2D eigenvalue weighted by atomic mass is 32.2. The van der Waals surface area contributed by atoms with Gasteiger partial charge in [0, 0.05) is 11.1 Å². The minimum absolute atomic E-state index is 0.0117. The van der Waals surface area contributed by atoms with Crippen molar-refractivity contribution in [1.29, 1.82) is 5.26 Å². The molecular formula is C17H16N2O3S2. The Morgan fingerprint density at radius 3 is 2.67 bits per heavy atom. The number of rotatable bonds is 3. The Morgan fingerprint density at radius 1 is 1.25 bits per heavy atom. The van der Waals surface area contributed by atoms with E-state index < -0.39 is 15.7 Å². The molecule has 1 amide bonds. The van der Waals surface area contributed by atoms with E-state index in [2.05, 4.69) is 11.4 Å². The minimum Gasteiger partial charge on any atom is -0.312 e. The first-order valence-corrected chi connectivity index (χ1v) is 10.3. The average Bonchev–Trinajstić information content (AvgIpc) is 2.91. The molecule has 2 aromatic rings. The molecule has 1 N–H and O–H groups in total. The van der Waals surface area contributed by atoms with Crippen LogP contribution in [0, 0.1) is 11.3 Å². The van der Waals surface area contributed by atoms with Crippen LogP contribution < -0.4 is 5.32 Å². The Labute approximate surface area is 144 Å². The summed E-state index contributed by atoms with van der Waals surface area (Å²) in [5.74, 6) is -0.508. The van der Waals surface area contributed by atoms with E-state index in [-0.39, 0.29) is 10.5 Å². The molecule has 7 heteroatoms. The molecule has 0 unspecified atom stereocenters. The van der Waals surface area contributed by atoms with Crippen LogP contribution in [0.4, 0.5) is 5.00 Å². The van der Waals surface area contributed by atoms with Crippen molar-refractivity contribution in [3.8, 4) is 6.07 Å². The molecule has 1 aromatic heterocycles. The maximum Gasteiger partial charge on any atom is 0.257 e. The molecule has 3 rings (SSSR count). The number of nitrogens with one attached hydrogen (secondary N) is 1. The van der Waals surface area contributed by atoms with E-state index >= 15 is 0 Å². The smallest absolute Gasteiger partial charge is 0.257 e. The van der Waals surface area contributed by atoms with E-state index in [1.165, 1.54) is 23.5 Å². The molecule has 0 radical (unpaired) electrons. The van der Waals surface area contributed by atoms with Gasteiger partial charge in [-0.1, -0.05) is 12.1 Å². The number of benzene rings is 1. The number of sulfone groups is 1. The van der Waals surface area contributed by atoms with Crippen LogP contribution in [0.5, 0.6) is 0 Å². The number of nitrogens with zero attached hydrogens (tertiary/aromatic N) is 1. The second kappa shape index (κ2) is 6.38. The molecule has 0 saturated heterocycles. The zero-order valence-corrected chi connectivity index (χ0v) is 14.8. The third kappa shape index (κ3) is 3.07. The highest BCUT2D eigenvalue weighted by molar-refractivity contribution is 7.90. The summed E-state index contributed by atoms with van der Waals surface area (Å²) in [7, 11) is -3.51. The molecule has 0 saturated carbocycles. The Morgan fingerprint density at radius 2 is 1.96 bits per heavy atom. The molecule has 0 aliphatic heterocycles. The van der Waals surface area contributed by atoms with Crippen LogP contribution in [0.2, 0.25) is 0 Å². The lowest BCUT2D eigenvalue weighted by molar-refractivity contribution is 0.102. The number of aryl methyl sites for hydroxylation is 1. The number of fused-ring (bicyclic) bond motifs is 1. The molecule has 24 heavy (non-hydrogen) atoms. The molecule has 1 heterocycles. The topological polar surface area (TPSA) is 87.0 Å². The van der Waals surface area contributed by atoms with Gasteiger partial charge < -0.3 is 5.32 Å². The van der Waals surface area contributed by atoms with Gasteiger partial charge in [0.2, 0.25) is 0 Å². The number of hydrogen-bond acceptors (Lipinski definition) is 5. The van der Waals surface area contributed by atoms with Crippen LogP contribution >= 0.6 is 11.3 Å². The van der Waals surface area contributed by atoms with E-state index in [9.17, 15) is 18.5 Å². The van der Waals surface area contributed by atoms with Crippen molar-refractivity contribution in [3.63, 3.8) is 0 Å². The fourth-order valence-corrected chi connectivity index (χ4v) is 5.04. The number of amides is 1. The summed E-state index contributed by atoms with van der Waals surface area (Å²) in [6, 6.07) is 8.27. The lowest BCUT2D eigenvalue weighted by atomic mass is 9.96. The van der Waals surface area contributed by atoms with Crippen molar-refractivity contribution in [2.24, 2.45) is 0 Å². The van der Waals surface area contributed by atoms with Crippen molar-refractivity contribution in [2.75, 3.05) is 11.6 Å². The van der Waals surface area contributed by atoms with E-state index in [1.54, 1.807) is 12.1 Å². The summed E-state index contributed by atoms with van der Waals surface area (Å²) in [4.78, 5) is 13.7. The van der Waals surface area contributed by atoms with E-state index in [0.717, 1.165) is 42.4 Å². The second-order valence-corrected chi connectivity index (χ2v) is 8.84. The van der Waals surface area contributed by atoms with Gasteiger partial charge in [0.25, 0.3) is 5.91 Å². The van der Waals surface area contributed by atoms with Crippen molar-refractivity contribution in [2.45, 2.75) is 30.6 Å². The van der Waals surface area contributed by atoms with E-state index in [4.69, 9.17) is 0 Å². The molecular weight excluding hydrogens is 344 g/mol. The normalized spacial score (nSPS) is 13.8. The first kappa shape index (κ1) is 16.7. The molecule has 1 aliphatic rings. The van der Waals surface area contributed by atoms with Crippen molar-refractivity contribution < 1.29 is 13.2 Å². The maximum atomic E-state index is 12.6. The predicted molar refractivity (Wildman–Crippen MR) is 93.2 cm³/mol. The minimum atomic E-state index is -3.51. The van der Waals surface area contributed by atoms with Crippen LogP contribution in [0.25, 0.3) is 0 Å². The lowest BCUT2D eigenvalue weighted by Crippen LogP contribution is -2.16. The molecule has 0 bridgehead atoms. The summed E-state index contributed by atoms with van der Waals surface area (Å²) < 4.78 is 23.7. The van der Waals surface area contributed by atoms with Gasteiger partial charge >= 0.3 is 0 Å². The van der Waals surface area contributed by atoms with Gasteiger partial charge in [0.1, 0.15) is 11.1 Å². The average molecular weight is 360 g/mol. The summed E-state index contributed by atoms with van der Waals surface area (Å²) in [5.41, 5.74) is 1.63. The standard InChI is InChI=1S/C17H16N2O3S2/c1-24(21,22)15-9-5-3-7-12(15)16(20)19-17-13(10-18)11-6-2-4-8-14(11)23-17/h3,5,7,9H,2,4,6,8H2,1H3,(H,19,20). The summed E-state index contributed by atoms with van der Waals surface area (Å²) in [6.45, 7) is 0. The van der Waals surface area contributed by atoms with Gasteiger partial charge in [-0.25, -0.2) is 8.42 Å². The predicted octanol–water partition coefficient (Wildman–Crippen LogP) is 3.15. The monoisotopic (exact) mass is 360 g/mol. The largest absolute Gasteiger partial charge is 0.312 e. The Bertz CT molecular complexity index is 953. The molecule has 0 atom stereocenters. The molecule has 1 aromatic carbocycles. The molecule has 5 nitrogen and oxygen atoms in total. The molecule has 0 fully saturated rings. The quantitative estimate of drug-likeness (QED) is 0.911. The van der Waals surface area contributed by atoms with E-state index in [0.29, 0.717) is 10.6 Å². The van der Waals surface area contributed by atoms with Gasteiger partial charge in [-0.3, -0.25) is 4.79 Å². The van der Waals surface area contributed by atoms with E-state index in [1.807, 2.05) is 0 Å². The van der Waals surface area contributed by atoms with Crippen molar-refractivity contribution in [3.05, 3.63) is 45.8 Å². The third-order valence-corrected chi connectivity index (χ3v) is 6.40. The van der Waals surface area contributed by atoms with Crippen LogP contribution in [0.3, 0.4) is 0 Å². The van der Waals surface area contributed by atoms with Gasteiger partial charge in [0.15, 0.2) is 9.84 Å². The van der Waals surface area contributed by atoms with Gasteiger partial charge in [-0.2, -0.15) is 5.26 Å². The number of nitriles is 1. The number of hydrogen-bond donors (Lipinski definition) is 1. The maximum absolute atomic E-state index is 12.6. The summed E-state index contributed by atoms with van der Waals surface area (Å²) in [5, 5.41) is 12.7. The van der Waals surface area contributed by atoms with Crippen LogP contribution in [0.1, 0.15) is 39.2 Å². The van der Waals surface area contributed by atoms with Crippen LogP contribution in [0.15, 0.2) is 29.2 Å².